The van der Waals surface area contributed by atoms with Crippen molar-refractivity contribution in [3.05, 3.63) is 58.2 Å². The maximum Gasteiger partial charge on any atom is 0.416 e. The minimum atomic E-state index is -4.48. The largest absolute Gasteiger partial charge is 0.496 e. The molecular weight excluding hydrogens is 499 g/mol. The first-order valence-electron chi connectivity index (χ1n) is 12.7. The molecule has 2 aromatic rings. The third-order valence-corrected chi connectivity index (χ3v) is 7.70. The first kappa shape index (κ1) is 26.3. The lowest BCUT2D eigenvalue weighted by atomic mass is 9.72. The molecule has 9 heteroatoms. The number of nitrogens with zero attached hydrogens (tertiary/aromatic N) is 1. The molecular formula is C29H32F3NO5. The van der Waals surface area contributed by atoms with Crippen molar-refractivity contribution in [3.8, 4) is 17.2 Å². The Bertz CT molecular complexity index is 1300. The number of hydrogen-bond donors (Lipinski definition) is 0. The average Bonchev–Trinajstić information content (AvgIpc) is 3.41. The van der Waals surface area contributed by atoms with Crippen LogP contribution >= 0.6 is 0 Å². The Balaban J connectivity index is 1.50. The monoisotopic (exact) mass is 531 g/mol. The van der Waals surface area contributed by atoms with Gasteiger partial charge in [-0.25, -0.2) is 4.79 Å². The molecule has 0 bridgehead atoms. The first-order chi connectivity index (χ1) is 17.9. The van der Waals surface area contributed by atoms with Crippen LogP contribution in [0.2, 0.25) is 0 Å². The summed E-state index contributed by atoms with van der Waals surface area (Å²) in [5.41, 5.74) is 3.13. The Morgan fingerprint density at radius 2 is 1.82 bits per heavy atom. The number of carbonyl (C=O) groups is 1. The highest BCUT2D eigenvalue weighted by atomic mass is 19.4. The maximum absolute atomic E-state index is 13.5. The van der Waals surface area contributed by atoms with Crippen molar-refractivity contribution in [2.75, 3.05) is 20.4 Å². The summed E-state index contributed by atoms with van der Waals surface area (Å²) in [6.07, 6.45) is -3.33. The number of hydrogen-bond acceptors (Lipinski definition) is 5. The van der Waals surface area contributed by atoms with Crippen LogP contribution in [0.25, 0.3) is 5.57 Å². The Hall–Kier alpha value is -3.36. The number of ether oxygens (including phenoxy) is 4. The molecule has 1 aliphatic carbocycles. The molecule has 0 aromatic heterocycles. The number of halogens is 3. The van der Waals surface area contributed by atoms with Crippen LogP contribution in [0, 0.1) is 12.3 Å². The molecule has 3 aliphatic rings. The summed E-state index contributed by atoms with van der Waals surface area (Å²) in [6, 6.07) is 7.12. The summed E-state index contributed by atoms with van der Waals surface area (Å²) >= 11 is 0. The zero-order valence-corrected chi connectivity index (χ0v) is 22.2. The van der Waals surface area contributed by atoms with Gasteiger partial charge in [-0.1, -0.05) is 25.5 Å². The summed E-state index contributed by atoms with van der Waals surface area (Å²) in [4.78, 5) is 14.7. The van der Waals surface area contributed by atoms with Gasteiger partial charge < -0.3 is 18.9 Å². The molecule has 2 atom stereocenters. The number of benzene rings is 2. The molecule has 2 heterocycles. The highest BCUT2D eigenvalue weighted by molar-refractivity contribution is 5.78. The predicted molar refractivity (Wildman–Crippen MR) is 135 cm³/mol. The molecule has 0 radical (unpaired) electrons. The fraction of sp³-hybridized carbons (Fsp3) is 0.483. The molecule has 1 amide bonds. The topological polar surface area (TPSA) is 57.2 Å². The van der Waals surface area contributed by atoms with E-state index in [4.69, 9.17) is 18.9 Å². The molecule has 0 N–H and O–H groups in total. The van der Waals surface area contributed by atoms with Gasteiger partial charge >= 0.3 is 12.3 Å². The van der Waals surface area contributed by atoms with Crippen molar-refractivity contribution in [1.82, 2.24) is 4.90 Å². The molecule has 5 rings (SSSR count). The van der Waals surface area contributed by atoms with Gasteiger partial charge in [0.25, 0.3) is 0 Å². The standard InChI is InChI=1S/C29H32F3NO5/c1-16-8-18(10-20(9-16)29(30,31)32)26-17(2)33(27(34)38-26)14-19-13-28(3,4)7-6-21(19)22-11-24-25(37-15-36-24)12-23(22)35-5/h8-12,17,26H,6-7,13-15H2,1-5H3/t17-,26-/m0/s1. The summed E-state index contributed by atoms with van der Waals surface area (Å²) < 4.78 is 62.9. The summed E-state index contributed by atoms with van der Waals surface area (Å²) in [7, 11) is 1.61. The summed E-state index contributed by atoms with van der Waals surface area (Å²) in [5, 5.41) is 0. The van der Waals surface area contributed by atoms with E-state index in [0.717, 1.165) is 48.1 Å². The predicted octanol–water partition coefficient (Wildman–Crippen LogP) is 7.30. The number of aryl methyl sites for hydroxylation is 1. The van der Waals surface area contributed by atoms with Gasteiger partial charge in [-0.3, -0.25) is 4.90 Å². The molecule has 0 unspecified atom stereocenters. The lowest BCUT2D eigenvalue weighted by molar-refractivity contribution is -0.137. The molecule has 204 valence electrons. The Morgan fingerprint density at radius 1 is 1.11 bits per heavy atom. The Morgan fingerprint density at radius 3 is 2.50 bits per heavy atom. The first-order valence-corrected chi connectivity index (χ1v) is 12.7. The van der Waals surface area contributed by atoms with Crippen LogP contribution in [-0.4, -0.2) is 37.5 Å². The van der Waals surface area contributed by atoms with E-state index >= 15 is 0 Å². The SMILES string of the molecule is COc1cc2c(cc1C1=C(CN3C(=O)O[C@H](c4cc(C)cc(C(F)(F)F)c4)[C@@H]3C)CC(C)(C)CC1)OCO2. The molecule has 1 saturated heterocycles. The number of alkyl halides is 3. The number of carbonyl (C=O) groups excluding carboxylic acids is 1. The van der Waals surface area contributed by atoms with Crippen LogP contribution in [0.3, 0.4) is 0 Å². The number of cyclic esters (lactones) is 1. The number of rotatable bonds is 5. The average molecular weight is 532 g/mol. The van der Waals surface area contributed by atoms with Crippen molar-refractivity contribution in [3.63, 3.8) is 0 Å². The minimum Gasteiger partial charge on any atom is -0.496 e. The van der Waals surface area contributed by atoms with Crippen LogP contribution in [-0.2, 0) is 10.9 Å². The van der Waals surface area contributed by atoms with Gasteiger partial charge in [0.05, 0.1) is 18.7 Å². The van der Waals surface area contributed by atoms with Crippen molar-refractivity contribution >= 4 is 11.7 Å². The molecule has 0 saturated carbocycles. The van der Waals surface area contributed by atoms with E-state index in [1.165, 1.54) is 0 Å². The molecule has 2 aliphatic heterocycles. The van der Waals surface area contributed by atoms with E-state index in [9.17, 15) is 18.0 Å². The van der Waals surface area contributed by atoms with Crippen LogP contribution in [0.1, 0.15) is 68.4 Å². The second-order valence-corrected chi connectivity index (χ2v) is 11.1. The Labute approximate surface area is 220 Å². The van der Waals surface area contributed by atoms with Gasteiger partial charge in [0.1, 0.15) is 11.9 Å². The van der Waals surface area contributed by atoms with Gasteiger partial charge in [-0.15, -0.1) is 0 Å². The number of allylic oxidation sites excluding steroid dienone is 1. The number of amides is 1. The summed E-state index contributed by atoms with van der Waals surface area (Å²) in [6.45, 7) is 8.28. The summed E-state index contributed by atoms with van der Waals surface area (Å²) in [5.74, 6) is 1.93. The van der Waals surface area contributed by atoms with Gasteiger partial charge in [0.2, 0.25) is 6.79 Å². The van der Waals surface area contributed by atoms with Crippen molar-refractivity contribution in [1.29, 1.82) is 0 Å². The van der Waals surface area contributed by atoms with Crippen LogP contribution < -0.4 is 14.2 Å². The number of methoxy groups -OCH3 is 1. The van der Waals surface area contributed by atoms with E-state index in [1.54, 1.807) is 25.0 Å². The van der Waals surface area contributed by atoms with Crippen LogP contribution in [0.5, 0.6) is 17.2 Å². The van der Waals surface area contributed by atoms with Gasteiger partial charge in [0.15, 0.2) is 11.5 Å². The fourth-order valence-electron chi connectivity index (χ4n) is 5.72. The second kappa shape index (κ2) is 9.43. The zero-order valence-electron chi connectivity index (χ0n) is 22.2. The quantitative estimate of drug-likeness (QED) is 0.405. The lowest BCUT2D eigenvalue weighted by Gasteiger charge is -2.35. The van der Waals surface area contributed by atoms with Crippen molar-refractivity contribution in [2.24, 2.45) is 5.41 Å². The van der Waals surface area contributed by atoms with E-state index in [2.05, 4.69) is 13.8 Å². The van der Waals surface area contributed by atoms with Crippen LogP contribution in [0.15, 0.2) is 35.9 Å². The molecule has 6 nitrogen and oxygen atoms in total. The third kappa shape index (κ3) is 4.90. The maximum atomic E-state index is 13.5. The Kier molecular flexibility index (Phi) is 6.52. The normalized spacial score (nSPS) is 22.6. The number of fused-ring (bicyclic) bond motifs is 1. The van der Waals surface area contributed by atoms with E-state index in [-0.39, 0.29) is 12.2 Å². The lowest BCUT2D eigenvalue weighted by Crippen LogP contribution is -2.35. The smallest absolute Gasteiger partial charge is 0.416 e. The van der Waals surface area contributed by atoms with Gasteiger partial charge in [-0.05, 0) is 73.4 Å². The highest BCUT2D eigenvalue weighted by Crippen LogP contribution is 2.48. The van der Waals surface area contributed by atoms with Gasteiger partial charge in [-0.2, -0.15) is 13.2 Å². The van der Waals surface area contributed by atoms with E-state index in [0.29, 0.717) is 34.9 Å². The van der Waals surface area contributed by atoms with Gasteiger partial charge in [0, 0.05) is 18.2 Å². The minimum absolute atomic E-state index is 0.0207. The van der Waals surface area contributed by atoms with E-state index in [1.807, 2.05) is 19.1 Å². The fourth-order valence-corrected chi connectivity index (χ4v) is 5.72. The second-order valence-electron chi connectivity index (χ2n) is 11.1. The molecule has 38 heavy (non-hydrogen) atoms. The molecule has 1 fully saturated rings. The highest BCUT2D eigenvalue weighted by Gasteiger charge is 2.42. The van der Waals surface area contributed by atoms with Crippen molar-refractivity contribution in [2.45, 2.75) is 65.3 Å². The van der Waals surface area contributed by atoms with Crippen LogP contribution in [0.4, 0.5) is 18.0 Å². The van der Waals surface area contributed by atoms with E-state index < -0.39 is 30.0 Å². The molecule has 0 spiro atoms. The molecule has 2 aromatic carbocycles. The third-order valence-electron chi connectivity index (χ3n) is 7.70. The van der Waals surface area contributed by atoms with Crippen molar-refractivity contribution < 1.29 is 36.9 Å². The zero-order chi connectivity index (χ0) is 27.4.